The average Bonchev–Trinajstić information content (AvgIpc) is 2.66. The van der Waals surface area contributed by atoms with Gasteiger partial charge in [-0.25, -0.2) is 0 Å². The summed E-state index contributed by atoms with van der Waals surface area (Å²) in [5.41, 5.74) is 1.62. The lowest BCUT2D eigenvalue weighted by Crippen LogP contribution is -1.95. The van der Waals surface area contributed by atoms with Crippen molar-refractivity contribution in [3.8, 4) is 11.8 Å². The van der Waals surface area contributed by atoms with Crippen LogP contribution in [0, 0.1) is 11.3 Å². The van der Waals surface area contributed by atoms with Crippen LogP contribution in [0.5, 0.6) is 0 Å². The van der Waals surface area contributed by atoms with Crippen molar-refractivity contribution < 1.29 is 0 Å². The second-order valence-electron chi connectivity index (χ2n) is 2.83. The predicted octanol–water partition coefficient (Wildman–Crippen LogP) is 3.11. The molecule has 0 unspecified atom stereocenters. The summed E-state index contributed by atoms with van der Waals surface area (Å²) in [6.45, 7) is 0. The summed E-state index contributed by atoms with van der Waals surface area (Å²) in [5.74, 6) is 0. The van der Waals surface area contributed by atoms with E-state index in [0.717, 1.165) is 10.2 Å². The third-order valence-electron chi connectivity index (χ3n) is 1.98. The quantitative estimate of drug-likeness (QED) is 0.761. The molecule has 0 amide bonds. The SMILES string of the molecule is N#Cc1cccn1-c1ccccc1Br. The molecule has 2 aromatic rings. The molecule has 0 radical (unpaired) electrons. The standard InChI is InChI=1S/C11H7BrN2/c12-10-5-1-2-6-11(10)14-7-3-4-9(14)8-13/h1-7H. The topological polar surface area (TPSA) is 28.7 Å². The summed E-state index contributed by atoms with van der Waals surface area (Å²) >= 11 is 3.45. The molecule has 2 rings (SSSR count). The lowest BCUT2D eigenvalue weighted by atomic mass is 10.3. The van der Waals surface area contributed by atoms with Crippen LogP contribution in [0.1, 0.15) is 5.69 Å². The van der Waals surface area contributed by atoms with Gasteiger partial charge in [0.15, 0.2) is 0 Å². The molecule has 3 heteroatoms. The van der Waals surface area contributed by atoms with Crippen LogP contribution in [0.25, 0.3) is 5.69 Å². The number of rotatable bonds is 1. The molecular formula is C11H7BrN2. The number of hydrogen-bond donors (Lipinski definition) is 0. The number of para-hydroxylation sites is 1. The van der Waals surface area contributed by atoms with E-state index in [9.17, 15) is 0 Å². The fourth-order valence-corrected chi connectivity index (χ4v) is 1.80. The van der Waals surface area contributed by atoms with Gasteiger partial charge >= 0.3 is 0 Å². The predicted molar refractivity (Wildman–Crippen MR) is 58.2 cm³/mol. The number of halogens is 1. The largest absolute Gasteiger partial charge is 0.307 e. The highest BCUT2D eigenvalue weighted by molar-refractivity contribution is 9.10. The summed E-state index contributed by atoms with van der Waals surface area (Å²) in [5, 5.41) is 8.87. The molecule has 0 aliphatic carbocycles. The summed E-state index contributed by atoms with van der Waals surface area (Å²) in [6, 6.07) is 13.6. The van der Waals surface area contributed by atoms with E-state index in [1.165, 1.54) is 0 Å². The van der Waals surface area contributed by atoms with Crippen molar-refractivity contribution in [1.29, 1.82) is 5.26 Å². The van der Waals surface area contributed by atoms with Crippen molar-refractivity contribution in [3.63, 3.8) is 0 Å². The Morgan fingerprint density at radius 3 is 2.64 bits per heavy atom. The molecular weight excluding hydrogens is 240 g/mol. The zero-order valence-electron chi connectivity index (χ0n) is 7.31. The fourth-order valence-electron chi connectivity index (χ4n) is 1.33. The number of hydrogen-bond acceptors (Lipinski definition) is 1. The Morgan fingerprint density at radius 1 is 1.14 bits per heavy atom. The zero-order chi connectivity index (χ0) is 9.97. The third-order valence-corrected chi connectivity index (χ3v) is 2.65. The normalized spacial score (nSPS) is 9.71. The maximum atomic E-state index is 8.87. The molecule has 1 aromatic carbocycles. The summed E-state index contributed by atoms with van der Waals surface area (Å²) < 4.78 is 2.83. The number of nitrogens with zero attached hydrogens (tertiary/aromatic N) is 2. The summed E-state index contributed by atoms with van der Waals surface area (Å²) in [4.78, 5) is 0. The average molecular weight is 247 g/mol. The highest BCUT2D eigenvalue weighted by Gasteiger charge is 2.04. The van der Waals surface area contributed by atoms with Gasteiger partial charge in [-0.1, -0.05) is 12.1 Å². The van der Waals surface area contributed by atoms with Gasteiger partial charge in [-0.05, 0) is 40.2 Å². The summed E-state index contributed by atoms with van der Waals surface area (Å²) in [7, 11) is 0. The zero-order valence-corrected chi connectivity index (χ0v) is 8.90. The first kappa shape index (κ1) is 9.04. The highest BCUT2D eigenvalue weighted by atomic mass is 79.9. The van der Waals surface area contributed by atoms with Gasteiger partial charge < -0.3 is 4.57 Å². The van der Waals surface area contributed by atoms with Gasteiger partial charge in [-0.2, -0.15) is 5.26 Å². The van der Waals surface area contributed by atoms with E-state index in [4.69, 9.17) is 5.26 Å². The molecule has 0 saturated carbocycles. The van der Waals surface area contributed by atoms with Crippen molar-refractivity contribution in [2.45, 2.75) is 0 Å². The molecule has 0 bridgehead atoms. The Labute approximate surface area is 90.5 Å². The first-order valence-electron chi connectivity index (χ1n) is 4.15. The van der Waals surface area contributed by atoms with Crippen LogP contribution in [0.15, 0.2) is 47.1 Å². The van der Waals surface area contributed by atoms with Gasteiger partial charge in [0.25, 0.3) is 0 Å². The van der Waals surface area contributed by atoms with E-state index in [0.29, 0.717) is 5.69 Å². The van der Waals surface area contributed by atoms with Crippen LogP contribution >= 0.6 is 15.9 Å². The summed E-state index contributed by atoms with van der Waals surface area (Å²) in [6.07, 6.45) is 1.87. The van der Waals surface area contributed by atoms with Crippen molar-refractivity contribution in [2.75, 3.05) is 0 Å². The Bertz CT molecular complexity index is 494. The second-order valence-corrected chi connectivity index (χ2v) is 3.68. The molecule has 1 heterocycles. The molecule has 0 spiro atoms. The third kappa shape index (κ3) is 1.45. The number of nitriles is 1. The first-order chi connectivity index (χ1) is 6.83. The molecule has 14 heavy (non-hydrogen) atoms. The lowest BCUT2D eigenvalue weighted by Gasteiger charge is -2.06. The maximum absolute atomic E-state index is 8.87. The minimum Gasteiger partial charge on any atom is -0.307 e. The Balaban J connectivity index is 2.62. The van der Waals surface area contributed by atoms with Crippen LogP contribution in [0.2, 0.25) is 0 Å². The molecule has 0 aliphatic rings. The lowest BCUT2D eigenvalue weighted by molar-refractivity contribution is 1.04. The van der Waals surface area contributed by atoms with E-state index in [1.807, 2.05) is 41.1 Å². The minimum absolute atomic E-state index is 0.636. The maximum Gasteiger partial charge on any atom is 0.124 e. The van der Waals surface area contributed by atoms with Gasteiger partial charge in [0, 0.05) is 10.7 Å². The minimum atomic E-state index is 0.636. The van der Waals surface area contributed by atoms with Crippen LogP contribution in [0.4, 0.5) is 0 Å². The Morgan fingerprint density at radius 2 is 1.93 bits per heavy atom. The second kappa shape index (κ2) is 3.69. The van der Waals surface area contributed by atoms with Gasteiger partial charge in [0.2, 0.25) is 0 Å². The Kier molecular flexibility index (Phi) is 2.38. The van der Waals surface area contributed by atoms with Crippen LogP contribution in [-0.2, 0) is 0 Å². The van der Waals surface area contributed by atoms with E-state index >= 15 is 0 Å². The Hall–Kier alpha value is -1.53. The van der Waals surface area contributed by atoms with Crippen LogP contribution < -0.4 is 0 Å². The fraction of sp³-hybridized carbons (Fsp3) is 0. The van der Waals surface area contributed by atoms with E-state index in [2.05, 4.69) is 22.0 Å². The monoisotopic (exact) mass is 246 g/mol. The number of aromatic nitrogens is 1. The smallest absolute Gasteiger partial charge is 0.124 e. The van der Waals surface area contributed by atoms with Crippen molar-refractivity contribution in [3.05, 3.63) is 52.8 Å². The van der Waals surface area contributed by atoms with Gasteiger partial charge in [0.05, 0.1) is 5.69 Å². The van der Waals surface area contributed by atoms with Crippen molar-refractivity contribution in [2.24, 2.45) is 0 Å². The van der Waals surface area contributed by atoms with Crippen molar-refractivity contribution in [1.82, 2.24) is 4.57 Å². The molecule has 1 aromatic heterocycles. The van der Waals surface area contributed by atoms with Crippen LogP contribution in [0.3, 0.4) is 0 Å². The molecule has 0 saturated heterocycles. The molecule has 0 fully saturated rings. The van der Waals surface area contributed by atoms with Gasteiger partial charge in [-0.15, -0.1) is 0 Å². The first-order valence-corrected chi connectivity index (χ1v) is 4.94. The molecule has 68 valence electrons. The number of benzene rings is 1. The molecule has 0 aliphatic heterocycles. The van der Waals surface area contributed by atoms with E-state index < -0.39 is 0 Å². The molecule has 0 atom stereocenters. The van der Waals surface area contributed by atoms with Crippen molar-refractivity contribution >= 4 is 15.9 Å². The molecule has 2 nitrogen and oxygen atoms in total. The highest BCUT2D eigenvalue weighted by Crippen LogP contribution is 2.21. The van der Waals surface area contributed by atoms with E-state index in [1.54, 1.807) is 6.07 Å². The van der Waals surface area contributed by atoms with Gasteiger partial charge in [-0.3, -0.25) is 0 Å². The van der Waals surface area contributed by atoms with Gasteiger partial charge in [0.1, 0.15) is 11.8 Å². The molecule has 0 N–H and O–H groups in total. The van der Waals surface area contributed by atoms with E-state index in [-0.39, 0.29) is 0 Å². The van der Waals surface area contributed by atoms with Crippen LogP contribution in [-0.4, -0.2) is 4.57 Å².